The average Bonchev–Trinajstić information content (AvgIpc) is 3.13. The number of nitrogens with one attached hydrogen (secondary N) is 2. The minimum absolute atomic E-state index is 0.144. The van der Waals surface area contributed by atoms with Crippen molar-refractivity contribution in [3.8, 4) is 22.3 Å². The highest BCUT2D eigenvalue weighted by Crippen LogP contribution is 2.50. The van der Waals surface area contributed by atoms with Crippen LogP contribution in [0.5, 0.6) is 0 Å². The Balaban J connectivity index is 1.43. The van der Waals surface area contributed by atoms with E-state index in [-0.39, 0.29) is 21.4 Å². The third-order valence-electron chi connectivity index (χ3n) is 7.95. The van der Waals surface area contributed by atoms with Gasteiger partial charge in [-0.2, -0.15) is 0 Å². The van der Waals surface area contributed by atoms with Gasteiger partial charge < -0.3 is 10.6 Å². The minimum atomic E-state index is -0.507. The number of hydrogen-bond acceptors (Lipinski definition) is 7. The lowest BCUT2D eigenvalue weighted by molar-refractivity contribution is -0.385. The fourth-order valence-corrected chi connectivity index (χ4v) is 7.63. The van der Waals surface area contributed by atoms with Crippen molar-refractivity contribution in [2.45, 2.75) is 22.9 Å². The summed E-state index contributed by atoms with van der Waals surface area (Å²) in [6.45, 7) is 0.980. The van der Waals surface area contributed by atoms with Crippen LogP contribution in [0.2, 0.25) is 20.1 Å². The van der Waals surface area contributed by atoms with Gasteiger partial charge in [-0.3, -0.25) is 20.2 Å². The van der Waals surface area contributed by atoms with E-state index in [9.17, 15) is 20.2 Å². The van der Waals surface area contributed by atoms with Gasteiger partial charge in [0.1, 0.15) is 0 Å². The monoisotopic (exact) mass is 774 g/mol. The van der Waals surface area contributed by atoms with Crippen molar-refractivity contribution in [3.63, 3.8) is 0 Å². The summed E-state index contributed by atoms with van der Waals surface area (Å²) < 4.78 is 0. The molecule has 0 saturated carbocycles. The molecule has 2 N–H and O–H groups in total. The molecule has 51 heavy (non-hydrogen) atoms. The molecule has 0 aromatic heterocycles. The molecule has 0 atom stereocenters. The molecular formula is C38H26Cl4N4O4S. The third kappa shape index (κ3) is 8.25. The highest BCUT2D eigenvalue weighted by Gasteiger charge is 2.23. The van der Waals surface area contributed by atoms with Gasteiger partial charge in [0.05, 0.1) is 29.9 Å². The predicted molar refractivity (Wildman–Crippen MR) is 209 cm³/mol. The Morgan fingerprint density at radius 1 is 0.529 bits per heavy atom. The fraction of sp³-hybridized carbons (Fsp3) is 0.0526. The van der Waals surface area contributed by atoms with Gasteiger partial charge in [0.15, 0.2) is 0 Å². The Morgan fingerprint density at radius 2 is 0.922 bits per heavy atom. The normalized spacial score (nSPS) is 10.9. The van der Waals surface area contributed by atoms with Crippen LogP contribution in [-0.4, -0.2) is 9.85 Å². The molecule has 6 aromatic carbocycles. The van der Waals surface area contributed by atoms with E-state index in [0.29, 0.717) is 66.6 Å². The standard InChI is InChI=1S/C38H26Cl4N4O4S/c39-29-19-25(45(47)48)11-13-27(29)35-31(43-21-23-7-3-1-4-8-23)15-17-33(37(35)41)51-34-18-16-32(44-22-24-9-5-2-6-10-24)36(38(34)42)28-14-12-26(46(49)50)20-30(28)40/h1-20,43-44H,21-22H2. The molecule has 6 rings (SSSR count). The zero-order chi connectivity index (χ0) is 36.1. The maximum Gasteiger partial charge on any atom is 0.270 e. The van der Waals surface area contributed by atoms with Crippen molar-refractivity contribution < 1.29 is 9.85 Å². The molecule has 0 bridgehead atoms. The summed E-state index contributed by atoms with van der Waals surface area (Å²) in [6.07, 6.45) is 0. The average molecular weight is 777 g/mol. The zero-order valence-electron chi connectivity index (χ0n) is 26.4. The maximum absolute atomic E-state index is 11.5. The van der Waals surface area contributed by atoms with Gasteiger partial charge in [-0.25, -0.2) is 0 Å². The van der Waals surface area contributed by atoms with Crippen LogP contribution in [0.15, 0.2) is 131 Å². The quantitative estimate of drug-likeness (QED) is 0.0940. The first-order valence-electron chi connectivity index (χ1n) is 15.4. The van der Waals surface area contributed by atoms with E-state index >= 15 is 0 Å². The number of benzene rings is 6. The summed E-state index contributed by atoms with van der Waals surface area (Å²) in [7, 11) is 0. The number of hydrogen-bond donors (Lipinski definition) is 2. The van der Waals surface area contributed by atoms with Crippen molar-refractivity contribution >= 4 is 80.9 Å². The summed E-state index contributed by atoms with van der Waals surface area (Å²) in [5.74, 6) is 0. The van der Waals surface area contributed by atoms with E-state index in [4.69, 9.17) is 46.4 Å². The number of anilines is 2. The van der Waals surface area contributed by atoms with Crippen LogP contribution in [-0.2, 0) is 13.1 Å². The number of non-ortho nitro benzene ring substituents is 2. The van der Waals surface area contributed by atoms with Gasteiger partial charge in [0.25, 0.3) is 11.4 Å². The van der Waals surface area contributed by atoms with Gasteiger partial charge in [-0.1, -0.05) is 119 Å². The van der Waals surface area contributed by atoms with Crippen molar-refractivity contribution in [1.29, 1.82) is 0 Å². The van der Waals surface area contributed by atoms with Gasteiger partial charge >= 0.3 is 0 Å². The SMILES string of the molecule is O=[N+]([O-])c1ccc(-c2c(NCc3ccccc3)ccc(Sc3ccc(NCc4ccccc4)c(-c4ccc([N+](=O)[O-])cc4Cl)c3Cl)c2Cl)c(Cl)c1. The van der Waals surface area contributed by atoms with E-state index in [1.165, 1.54) is 36.0 Å². The lowest BCUT2D eigenvalue weighted by atomic mass is 10.0. The predicted octanol–water partition coefficient (Wildman–Crippen LogP) is 12.8. The number of halogens is 4. The molecule has 0 radical (unpaired) electrons. The first kappa shape index (κ1) is 36.0. The Morgan fingerprint density at radius 3 is 1.27 bits per heavy atom. The third-order valence-corrected chi connectivity index (χ3v) is 10.7. The van der Waals surface area contributed by atoms with Crippen molar-refractivity contribution in [2.75, 3.05) is 10.6 Å². The Kier molecular flexibility index (Phi) is 11.3. The van der Waals surface area contributed by atoms with Crippen LogP contribution < -0.4 is 10.6 Å². The van der Waals surface area contributed by atoms with Gasteiger partial charge in [-0.15, -0.1) is 0 Å². The van der Waals surface area contributed by atoms with E-state index < -0.39 is 9.85 Å². The molecular weight excluding hydrogens is 750 g/mol. The molecule has 0 saturated heterocycles. The second-order valence-electron chi connectivity index (χ2n) is 11.2. The number of nitro benzene ring substituents is 2. The van der Waals surface area contributed by atoms with E-state index in [2.05, 4.69) is 10.6 Å². The van der Waals surface area contributed by atoms with Crippen LogP contribution in [0.3, 0.4) is 0 Å². The molecule has 0 heterocycles. The van der Waals surface area contributed by atoms with Gasteiger partial charge in [0.2, 0.25) is 0 Å². The van der Waals surface area contributed by atoms with Crippen LogP contribution >= 0.6 is 58.2 Å². The topological polar surface area (TPSA) is 110 Å². The van der Waals surface area contributed by atoms with Crippen LogP contribution in [0.1, 0.15) is 11.1 Å². The van der Waals surface area contributed by atoms with Gasteiger partial charge in [0, 0.05) is 80.8 Å². The lowest BCUT2D eigenvalue weighted by Crippen LogP contribution is -2.03. The number of nitro groups is 2. The second kappa shape index (κ2) is 16.1. The van der Waals surface area contributed by atoms with Crippen LogP contribution in [0.4, 0.5) is 22.7 Å². The first-order valence-corrected chi connectivity index (χ1v) is 17.7. The highest BCUT2D eigenvalue weighted by atomic mass is 35.5. The molecule has 6 aromatic rings. The largest absolute Gasteiger partial charge is 0.380 e. The lowest BCUT2D eigenvalue weighted by Gasteiger charge is -2.20. The highest BCUT2D eigenvalue weighted by molar-refractivity contribution is 7.99. The van der Waals surface area contributed by atoms with E-state index in [1.54, 1.807) is 12.1 Å². The minimum Gasteiger partial charge on any atom is -0.380 e. The Labute approximate surface area is 317 Å². The first-order chi connectivity index (χ1) is 24.6. The van der Waals surface area contributed by atoms with Crippen molar-refractivity contribution in [1.82, 2.24) is 0 Å². The molecule has 0 aliphatic heterocycles. The van der Waals surface area contributed by atoms with Crippen molar-refractivity contribution in [3.05, 3.63) is 173 Å². The summed E-state index contributed by atoms with van der Waals surface area (Å²) in [6, 6.07) is 35.6. The molecule has 13 heteroatoms. The number of rotatable bonds is 12. The summed E-state index contributed by atoms with van der Waals surface area (Å²) in [5.41, 5.74) is 5.29. The molecule has 8 nitrogen and oxygen atoms in total. The number of nitrogens with zero attached hydrogens (tertiary/aromatic N) is 2. The molecule has 0 fully saturated rings. The van der Waals surface area contributed by atoms with Crippen LogP contribution in [0, 0.1) is 20.2 Å². The van der Waals surface area contributed by atoms with Crippen LogP contribution in [0.25, 0.3) is 22.3 Å². The molecule has 0 amide bonds. The molecule has 0 aliphatic rings. The Hall–Kier alpha value is -4.77. The molecule has 0 unspecified atom stereocenters. The van der Waals surface area contributed by atoms with E-state index in [1.807, 2.05) is 84.9 Å². The summed E-state index contributed by atoms with van der Waals surface area (Å²) in [4.78, 5) is 23.2. The second-order valence-corrected chi connectivity index (χ2v) is 13.9. The van der Waals surface area contributed by atoms with E-state index in [0.717, 1.165) is 11.1 Å². The molecule has 0 aliphatic carbocycles. The summed E-state index contributed by atoms with van der Waals surface area (Å²) >= 11 is 29.0. The zero-order valence-corrected chi connectivity index (χ0v) is 30.2. The Bertz CT molecular complexity index is 2100. The fourth-order valence-electron chi connectivity index (χ4n) is 5.44. The van der Waals surface area contributed by atoms with Gasteiger partial charge in [-0.05, 0) is 47.5 Å². The van der Waals surface area contributed by atoms with Crippen molar-refractivity contribution in [2.24, 2.45) is 0 Å². The summed E-state index contributed by atoms with van der Waals surface area (Å²) in [5, 5.41) is 30.8. The molecule has 256 valence electrons. The smallest absolute Gasteiger partial charge is 0.270 e. The molecule has 0 spiro atoms. The maximum atomic E-state index is 11.5.